The van der Waals surface area contributed by atoms with Gasteiger partial charge < -0.3 is 10.4 Å². The fourth-order valence-corrected chi connectivity index (χ4v) is 5.04. The number of nitrogens with zero attached hydrogens (tertiary/aromatic N) is 5. The molecule has 2 heterocycles. The van der Waals surface area contributed by atoms with Gasteiger partial charge in [-0.25, -0.2) is 14.9 Å². The van der Waals surface area contributed by atoms with Crippen LogP contribution in [0.1, 0.15) is 22.5 Å². The maximum atomic E-state index is 12.8. The Morgan fingerprint density at radius 2 is 1.74 bits per heavy atom. The first kappa shape index (κ1) is 26.2. The van der Waals surface area contributed by atoms with Crippen LogP contribution >= 0.6 is 22.9 Å². The number of carbonyl (C=O) groups excluding carboxylic acids is 1. The van der Waals surface area contributed by atoms with E-state index in [1.54, 1.807) is 0 Å². The van der Waals surface area contributed by atoms with Crippen LogP contribution in [0.3, 0.4) is 0 Å². The molecule has 0 bridgehead atoms. The lowest BCUT2D eigenvalue weighted by Gasteiger charge is -2.10. The van der Waals surface area contributed by atoms with Gasteiger partial charge in [0.2, 0.25) is 4.80 Å². The van der Waals surface area contributed by atoms with E-state index in [1.165, 1.54) is 11.3 Å². The molecule has 198 valence electrons. The zero-order valence-electron chi connectivity index (χ0n) is 21.1. The van der Waals surface area contributed by atoms with Crippen LogP contribution in [0.25, 0.3) is 11.3 Å². The van der Waals surface area contributed by atoms with E-state index < -0.39 is 11.6 Å². The van der Waals surface area contributed by atoms with Crippen molar-refractivity contribution in [2.24, 2.45) is 5.10 Å². The van der Waals surface area contributed by atoms with Crippen LogP contribution in [0.4, 0.5) is 0 Å². The van der Waals surface area contributed by atoms with Crippen LogP contribution in [0, 0.1) is 6.92 Å². The van der Waals surface area contributed by atoms with Crippen molar-refractivity contribution in [1.29, 1.82) is 0 Å². The average molecular weight is 560 g/mol. The number of benzene rings is 3. The van der Waals surface area contributed by atoms with Gasteiger partial charge in [0, 0.05) is 16.8 Å². The van der Waals surface area contributed by atoms with Gasteiger partial charge >= 0.3 is 5.69 Å². The van der Waals surface area contributed by atoms with Crippen molar-refractivity contribution in [3.8, 4) is 11.3 Å². The second-order valence-electron chi connectivity index (χ2n) is 9.02. The molecule has 0 aliphatic carbocycles. The molecule has 0 unspecified atom stereocenters. The Labute approximate surface area is 233 Å². The molecule has 0 atom stereocenters. The minimum atomic E-state index is -0.576. The highest BCUT2D eigenvalue weighted by atomic mass is 35.5. The molecule has 39 heavy (non-hydrogen) atoms. The SMILES string of the molecule is Cc1ccc(Cc2nn(CC(=O)N/N=c3\scc(-c4ccc(Cl)cc4)n3Cc3ccccc3)c(=O)n2N)cc1. The van der Waals surface area contributed by atoms with Crippen molar-refractivity contribution < 1.29 is 4.79 Å². The number of nitrogens with one attached hydrogen (secondary N) is 1. The Kier molecular flexibility index (Phi) is 7.76. The minimum Gasteiger partial charge on any atom is -0.333 e. The lowest BCUT2D eigenvalue weighted by Crippen LogP contribution is -2.35. The molecular weight excluding hydrogens is 534 g/mol. The predicted octanol–water partition coefficient (Wildman–Crippen LogP) is 3.52. The first-order valence-corrected chi connectivity index (χ1v) is 13.4. The number of thiazole rings is 1. The van der Waals surface area contributed by atoms with Gasteiger partial charge in [-0.2, -0.15) is 9.77 Å². The molecule has 3 N–H and O–H groups in total. The number of halogens is 1. The molecule has 2 aromatic heterocycles. The van der Waals surface area contributed by atoms with E-state index in [1.807, 2.05) is 95.7 Å². The zero-order chi connectivity index (χ0) is 27.4. The standard InChI is InChI=1S/C28H26ClN7O2S/c1-19-7-9-20(10-8-19)15-25-33-35(28(38)36(25)30)17-26(37)31-32-27-34(16-21-5-3-2-4-6-21)24(18-39-27)22-11-13-23(29)14-12-22/h2-14,18H,15-17,30H2,1H3,(H,31,37)/b32-27-. The van der Waals surface area contributed by atoms with Gasteiger partial charge in [0.25, 0.3) is 5.91 Å². The Morgan fingerprint density at radius 1 is 1.03 bits per heavy atom. The van der Waals surface area contributed by atoms with Crippen LogP contribution < -0.4 is 21.8 Å². The van der Waals surface area contributed by atoms with Crippen LogP contribution in [-0.4, -0.2) is 24.9 Å². The third kappa shape index (κ3) is 6.19. The molecule has 0 spiro atoms. The van der Waals surface area contributed by atoms with Crippen LogP contribution in [0.2, 0.25) is 5.02 Å². The van der Waals surface area contributed by atoms with Crippen molar-refractivity contribution in [3.63, 3.8) is 0 Å². The van der Waals surface area contributed by atoms with Gasteiger partial charge in [0.15, 0.2) is 5.82 Å². The van der Waals surface area contributed by atoms with Gasteiger partial charge in [0.05, 0.1) is 12.2 Å². The van der Waals surface area contributed by atoms with Crippen LogP contribution in [0.15, 0.2) is 94.1 Å². The highest BCUT2D eigenvalue weighted by Gasteiger charge is 2.15. The summed E-state index contributed by atoms with van der Waals surface area (Å²) in [6.07, 6.45) is 0.368. The number of carbonyl (C=O) groups is 1. The van der Waals surface area contributed by atoms with E-state index in [4.69, 9.17) is 17.4 Å². The number of nitrogen functional groups attached to an aromatic ring is 1. The summed E-state index contributed by atoms with van der Waals surface area (Å²) in [5.74, 6) is 5.80. The molecule has 1 amide bonds. The first-order chi connectivity index (χ1) is 18.9. The molecule has 0 saturated heterocycles. The van der Waals surface area contributed by atoms with Crippen molar-refractivity contribution >= 4 is 28.8 Å². The lowest BCUT2D eigenvalue weighted by atomic mass is 10.1. The second-order valence-corrected chi connectivity index (χ2v) is 10.3. The molecule has 0 fully saturated rings. The van der Waals surface area contributed by atoms with E-state index >= 15 is 0 Å². The molecule has 9 nitrogen and oxygen atoms in total. The molecule has 5 aromatic rings. The summed E-state index contributed by atoms with van der Waals surface area (Å²) in [6.45, 7) is 2.23. The normalized spacial score (nSPS) is 11.6. The smallest absolute Gasteiger partial charge is 0.333 e. The fourth-order valence-electron chi connectivity index (χ4n) is 4.05. The molecular formula is C28H26ClN7O2S. The van der Waals surface area contributed by atoms with Gasteiger partial charge in [-0.1, -0.05) is 83.9 Å². The van der Waals surface area contributed by atoms with Crippen molar-refractivity contribution in [1.82, 2.24) is 24.4 Å². The number of aromatic nitrogens is 4. The van der Waals surface area contributed by atoms with Gasteiger partial charge in [-0.05, 0) is 35.7 Å². The summed E-state index contributed by atoms with van der Waals surface area (Å²) in [7, 11) is 0. The number of hydrogen-bond acceptors (Lipinski definition) is 6. The zero-order valence-corrected chi connectivity index (χ0v) is 22.7. The van der Waals surface area contributed by atoms with E-state index in [2.05, 4.69) is 15.6 Å². The maximum Gasteiger partial charge on any atom is 0.365 e. The van der Waals surface area contributed by atoms with Crippen molar-refractivity contribution in [2.75, 3.05) is 5.84 Å². The number of amides is 1. The Morgan fingerprint density at radius 3 is 2.46 bits per heavy atom. The predicted molar refractivity (Wildman–Crippen MR) is 153 cm³/mol. The molecule has 0 aliphatic rings. The number of aryl methyl sites for hydroxylation is 1. The Hall–Kier alpha value is -4.41. The maximum absolute atomic E-state index is 12.8. The Bertz CT molecular complexity index is 1720. The van der Waals surface area contributed by atoms with E-state index in [-0.39, 0.29) is 6.54 Å². The summed E-state index contributed by atoms with van der Waals surface area (Å²) in [4.78, 5) is 26.0. The fraction of sp³-hybridized carbons (Fsp3) is 0.143. The summed E-state index contributed by atoms with van der Waals surface area (Å²) < 4.78 is 4.03. The number of hydrogen-bond donors (Lipinski definition) is 2. The van der Waals surface area contributed by atoms with E-state index in [0.29, 0.717) is 28.6 Å². The van der Waals surface area contributed by atoms with Gasteiger partial charge in [0.1, 0.15) is 6.54 Å². The summed E-state index contributed by atoms with van der Waals surface area (Å²) in [5, 5.41) is 11.3. The van der Waals surface area contributed by atoms with Gasteiger partial charge in [-0.15, -0.1) is 16.4 Å². The monoisotopic (exact) mass is 559 g/mol. The van der Waals surface area contributed by atoms with Crippen LogP contribution in [0.5, 0.6) is 0 Å². The topological polar surface area (TPSA) is 112 Å². The molecule has 0 saturated carbocycles. The third-order valence-corrected chi connectivity index (χ3v) is 7.23. The van der Waals surface area contributed by atoms with E-state index in [9.17, 15) is 9.59 Å². The lowest BCUT2D eigenvalue weighted by molar-refractivity contribution is -0.122. The average Bonchev–Trinajstić information content (AvgIpc) is 3.45. The summed E-state index contributed by atoms with van der Waals surface area (Å²) in [5.41, 5.74) is 7.07. The molecule has 11 heteroatoms. The highest BCUT2D eigenvalue weighted by Crippen LogP contribution is 2.23. The number of nitrogens with two attached hydrogens (primary N) is 1. The van der Waals surface area contributed by atoms with Crippen molar-refractivity contribution in [3.05, 3.63) is 127 Å². The molecule has 0 radical (unpaired) electrons. The number of rotatable bonds is 8. The largest absolute Gasteiger partial charge is 0.365 e. The Balaban J connectivity index is 1.37. The summed E-state index contributed by atoms with van der Waals surface area (Å²) in [6, 6.07) is 25.4. The summed E-state index contributed by atoms with van der Waals surface area (Å²) >= 11 is 7.48. The first-order valence-electron chi connectivity index (χ1n) is 12.2. The quantitative estimate of drug-likeness (QED) is 0.224. The van der Waals surface area contributed by atoms with E-state index in [0.717, 1.165) is 37.3 Å². The molecule has 5 rings (SSSR count). The second kappa shape index (κ2) is 11.5. The van der Waals surface area contributed by atoms with Gasteiger partial charge in [-0.3, -0.25) is 4.79 Å². The van der Waals surface area contributed by atoms with Crippen LogP contribution in [-0.2, 0) is 24.3 Å². The molecule has 0 aliphatic heterocycles. The molecule has 3 aromatic carbocycles. The minimum absolute atomic E-state index is 0.318. The van der Waals surface area contributed by atoms with Crippen molar-refractivity contribution in [2.45, 2.75) is 26.4 Å². The highest BCUT2D eigenvalue weighted by molar-refractivity contribution is 7.07. The third-order valence-electron chi connectivity index (χ3n) is 6.11.